The molecule has 2 atom stereocenters. The van der Waals surface area contributed by atoms with E-state index in [9.17, 15) is 19.8 Å². The molecule has 0 radical (unpaired) electrons. The topological polar surface area (TPSA) is 95.9 Å². The Morgan fingerprint density at radius 3 is 1.17 bits per heavy atom. The molecule has 0 aliphatic rings. The van der Waals surface area contributed by atoms with Crippen LogP contribution in [0.15, 0.2) is 36.5 Å². The van der Waals surface area contributed by atoms with Gasteiger partial charge in [0.1, 0.15) is 0 Å². The molecule has 0 rings (SSSR count). The van der Waals surface area contributed by atoms with E-state index in [1.807, 2.05) is 6.08 Å². The summed E-state index contributed by atoms with van der Waals surface area (Å²) in [6.45, 7) is 4.85. The molecule has 0 fully saturated rings. The van der Waals surface area contributed by atoms with Gasteiger partial charge in [0.15, 0.2) is 0 Å². The molecule has 6 nitrogen and oxygen atoms in total. The van der Waals surface area contributed by atoms with Gasteiger partial charge in [-0.25, -0.2) is 0 Å². The highest BCUT2D eigenvalue weighted by molar-refractivity contribution is 5.76. The van der Waals surface area contributed by atoms with Crippen LogP contribution >= 0.6 is 0 Å². The van der Waals surface area contributed by atoms with Crippen molar-refractivity contribution in [1.29, 1.82) is 0 Å². The van der Waals surface area contributed by atoms with Crippen LogP contribution < -0.4 is 5.32 Å². The second-order valence-electron chi connectivity index (χ2n) is 18.9. The van der Waals surface area contributed by atoms with Crippen molar-refractivity contribution >= 4 is 11.9 Å². The number of aliphatic hydroxyl groups excluding tert-OH is 2. The van der Waals surface area contributed by atoms with Gasteiger partial charge in [0.2, 0.25) is 5.91 Å². The van der Waals surface area contributed by atoms with Gasteiger partial charge < -0.3 is 20.3 Å². The Labute approximate surface area is 392 Å². The lowest BCUT2D eigenvalue weighted by molar-refractivity contribution is -0.143. The van der Waals surface area contributed by atoms with Crippen LogP contribution in [0, 0.1) is 0 Å². The van der Waals surface area contributed by atoms with Crippen molar-refractivity contribution in [2.45, 2.75) is 302 Å². The second-order valence-corrected chi connectivity index (χ2v) is 18.9. The van der Waals surface area contributed by atoms with Crippen LogP contribution in [-0.4, -0.2) is 47.4 Å². The number of allylic oxidation sites excluding steroid dienone is 5. The molecule has 3 N–H and O–H groups in total. The Bertz CT molecular complexity index is 1020. The molecule has 63 heavy (non-hydrogen) atoms. The quantitative estimate of drug-likeness (QED) is 0.0245. The van der Waals surface area contributed by atoms with E-state index in [1.165, 1.54) is 186 Å². The third-order valence-corrected chi connectivity index (χ3v) is 12.7. The van der Waals surface area contributed by atoms with Crippen molar-refractivity contribution < 1.29 is 24.5 Å². The lowest BCUT2D eigenvalue weighted by atomic mass is 10.0. The smallest absolute Gasteiger partial charge is 0.305 e. The van der Waals surface area contributed by atoms with Crippen molar-refractivity contribution in [3.8, 4) is 0 Å². The number of amides is 1. The van der Waals surface area contributed by atoms with Crippen molar-refractivity contribution in [2.24, 2.45) is 0 Å². The highest BCUT2D eigenvalue weighted by atomic mass is 16.5. The summed E-state index contributed by atoms with van der Waals surface area (Å²) < 4.78 is 5.46. The molecule has 0 aliphatic heterocycles. The highest BCUT2D eigenvalue weighted by Gasteiger charge is 2.18. The number of carbonyl (C=O) groups is 2. The number of unbranched alkanes of at least 4 members (excludes halogenated alkanes) is 37. The predicted octanol–water partition coefficient (Wildman–Crippen LogP) is 16.9. The summed E-state index contributed by atoms with van der Waals surface area (Å²) in [5, 5.41) is 22.9. The van der Waals surface area contributed by atoms with Crippen molar-refractivity contribution in [3.05, 3.63) is 36.5 Å². The molecule has 370 valence electrons. The molecule has 0 aliphatic carbocycles. The number of aliphatic hydroxyl groups is 2. The number of hydrogen-bond acceptors (Lipinski definition) is 5. The Morgan fingerprint density at radius 2 is 0.778 bits per heavy atom. The zero-order valence-electron chi connectivity index (χ0n) is 42.1. The van der Waals surface area contributed by atoms with Crippen molar-refractivity contribution in [3.63, 3.8) is 0 Å². The average Bonchev–Trinajstić information content (AvgIpc) is 3.28. The van der Waals surface area contributed by atoms with Crippen LogP contribution in [0.3, 0.4) is 0 Å². The fourth-order valence-electron chi connectivity index (χ4n) is 8.39. The minimum atomic E-state index is -0.849. The van der Waals surface area contributed by atoms with E-state index in [1.54, 1.807) is 6.08 Å². The van der Waals surface area contributed by atoms with Crippen LogP contribution in [0.4, 0.5) is 0 Å². The summed E-state index contributed by atoms with van der Waals surface area (Å²) in [6.07, 6.45) is 64.5. The van der Waals surface area contributed by atoms with E-state index in [-0.39, 0.29) is 18.5 Å². The second kappa shape index (κ2) is 52.7. The molecule has 0 spiro atoms. The molecule has 6 heteroatoms. The number of ether oxygens (including phenoxy) is 1. The SMILES string of the molecule is CCCCCCCCCC/C=C/C(O)C(CO)NC(=O)CCCCCCCCCCCC/C=C\C=C/CCCCCOC(=O)CCCCCCCCCCCCCCCCCCC. The number of rotatable bonds is 51. The van der Waals surface area contributed by atoms with E-state index in [0.717, 1.165) is 77.0 Å². The van der Waals surface area contributed by atoms with Crippen molar-refractivity contribution in [1.82, 2.24) is 5.32 Å². The molecule has 0 aromatic carbocycles. The first kappa shape index (κ1) is 61.1. The molecule has 1 amide bonds. The summed E-state index contributed by atoms with van der Waals surface area (Å²) in [6, 6.07) is -0.634. The largest absolute Gasteiger partial charge is 0.466 e. The van der Waals surface area contributed by atoms with Gasteiger partial charge in [-0.1, -0.05) is 249 Å². The van der Waals surface area contributed by atoms with Crippen LogP contribution in [-0.2, 0) is 14.3 Å². The fraction of sp³-hybridized carbons (Fsp3) is 0.860. The van der Waals surface area contributed by atoms with E-state index in [4.69, 9.17) is 4.74 Å². The van der Waals surface area contributed by atoms with Gasteiger partial charge in [-0.2, -0.15) is 0 Å². The first-order chi connectivity index (χ1) is 31.0. The third kappa shape index (κ3) is 49.4. The standard InChI is InChI=1S/C57H107NO5/c1-3-5-7-9-11-13-15-16-17-21-25-28-31-35-39-43-47-51-57(62)63-52-48-44-40-36-32-29-26-23-20-18-19-22-24-27-30-34-38-42-46-50-56(61)58-54(53-59)55(60)49-45-41-37-33-14-12-10-8-6-4-2/h23,26,29,32,45,49,54-55,59-60H,3-22,24-25,27-28,30-31,33-44,46-48,50-53H2,1-2H3,(H,58,61)/b26-23-,32-29-,49-45+. The lowest BCUT2D eigenvalue weighted by Crippen LogP contribution is -2.45. The van der Waals surface area contributed by atoms with Crippen LogP contribution in [0.2, 0.25) is 0 Å². The predicted molar refractivity (Wildman–Crippen MR) is 273 cm³/mol. The highest BCUT2D eigenvalue weighted by Crippen LogP contribution is 2.16. The number of esters is 1. The van der Waals surface area contributed by atoms with Gasteiger partial charge in [-0.05, 0) is 64.2 Å². The van der Waals surface area contributed by atoms with Gasteiger partial charge in [0, 0.05) is 12.8 Å². The van der Waals surface area contributed by atoms with E-state index >= 15 is 0 Å². The van der Waals surface area contributed by atoms with Gasteiger partial charge in [0.25, 0.3) is 0 Å². The maximum absolute atomic E-state index is 12.4. The fourth-order valence-corrected chi connectivity index (χ4v) is 8.39. The molecule has 0 heterocycles. The van der Waals surface area contributed by atoms with E-state index < -0.39 is 12.1 Å². The maximum atomic E-state index is 12.4. The van der Waals surface area contributed by atoms with E-state index in [2.05, 4.69) is 43.5 Å². The van der Waals surface area contributed by atoms with Gasteiger partial charge in [-0.3, -0.25) is 9.59 Å². The first-order valence-electron chi connectivity index (χ1n) is 27.8. The van der Waals surface area contributed by atoms with Gasteiger partial charge >= 0.3 is 5.97 Å². The molecule has 0 aromatic heterocycles. The number of nitrogens with one attached hydrogen (secondary N) is 1. The van der Waals surface area contributed by atoms with E-state index in [0.29, 0.717) is 19.4 Å². The summed E-state index contributed by atoms with van der Waals surface area (Å²) in [5.74, 6) is -0.0908. The Balaban J connectivity index is 3.46. The Kier molecular flexibility index (Phi) is 51.1. The van der Waals surface area contributed by atoms with Gasteiger partial charge in [-0.15, -0.1) is 0 Å². The Hall–Kier alpha value is -1.92. The molecule has 0 aromatic rings. The van der Waals surface area contributed by atoms with Crippen LogP contribution in [0.25, 0.3) is 0 Å². The minimum absolute atomic E-state index is 0.0107. The summed E-state index contributed by atoms with van der Waals surface area (Å²) >= 11 is 0. The molecule has 0 bridgehead atoms. The molecular formula is C57H107NO5. The van der Waals surface area contributed by atoms with Gasteiger partial charge in [0.05, 0.1) is 25.4 Å². The molecule has 2 unspecified atom stereocenters. The third-order valence-electron chi connectivity index (χ3n) is 12.7. The zero-order valence-corrected chi connectivity index (χ0v) is 42.1. The van der Waals surface area contributed by atoms with Crippen LogP contribution in [0.5, 0.6) is 0 Å². The number of hydrogen-bond donors (Lipinski definition) is 3. The Morgan fingerprint density at radius 1 is 0.444 bits per heavy atom. The summed E-state index contributed by atoms with van der Waals surface area (Å²) in [4.78, 5) is 24.4. The minimum Gasteiger partial charge on any atom is -0.466 e. The normalized spacial score (nSPS) is 12.9. The van der Waals surface area contributed by atoms with Crippen LogP contribution in [0.1, 0.15) is 290 Å². The van der Waals surface area contributed by atoms with Crippen molar-refractivity contribution in [2.75, 3.05) is 13.2 Å². The number of carbonyl (C=O) groups excluding carboxylic acids is 2. The molecule has 0 saturated carbocycles. The molecular weight excluding hydrogens is 779 g/mol. The monoisotopic (exact) mass is 886 g/mol. The maximum Gasteiger partial charge on any atom is 0.305 e. The first-order valence-corrected chi connectivity index (χ1v) is 27.8. The summed E-state index contributed by atoms with van der Waals surface area (Å²) in [5.41, 5.74) is 0. The summed E-state index contributed by atoms with van der Waals surface area (Å²) in [7, 11) is 0. The average molecular weight is 886 g/mol. The zero-order chi connectivity index (χ0) is 45.8. The molecule has 0 saturated heterocycles. The lowest BCUT2D eigenvalue weighted by Gasteiger charge is -2.20.